The molecule has 0 aliphatic rings. The molecular weight excluding hydrogens is 238 g/mol. The first-order valence-electron chi connectivity index (χ1n) is 5.17. The number of carbonyl (C=O) groups is 2. The van der Waals surface area contributed by atoms with Gasteiger partial charge in [0, 0.05) is 0 Å². The van der Waals surface area contributed by atoms with Crippen molar-refractivity contribution in [2.24, 2.45) is 0 Å². The molecule has 0 aliphatic carbocycles. The minimum atomic E-state index is -1.04. The van der Waals surface area contributed by atoms with Crippen molar-refractivity contribution in [3.63, 3.8) is 0 Å². The maximum absolute atomic E-state index is 11.9. The third-order valence-corrected chi connectivity index (χ3v) is 3.26. The molecule has 4 nitrogen and oxygen atoms in total. The Morgan fingerprint density at radius 1 is 1.29 bits per heavy atom. The van der Waals surface area contributed by atoms with Gasteiger partial charge in [0.25, 0.3) is 0 Å². The molecule has 17 heavy (non-hydrogen) atoms. The fourth-order valence-electron chi connectivity index (χ4n) is 1.37. The van der Waals surface area contributed by atoms with Crippen LogP contribution in [0.15, 0.2) is 30.3 Å². The predicted octanol–water partition coefficient (Wildman–Crippen LogP) is 1.68. The molecule has 1 unspecified atom stereocenters. The summed E-state index contributed by atoms with van der Waals surface area (Å²) in [5.41, 5.74) is 0.870. The van der Waals surface area contributed by atoms with Gasteiger partial charge >= 0.3 is 5.97 Å². The number of carboxylic acids is 1. The van der Waals surface area contributed by atoms with Gasteiger partial charge in [-0.05, 0) is 18.7 Å². The summed E-state index contributed by atoms with van der Waals surface area (Å²) in [7, 11) is 0. The van der Waals surface area contributed by atoms with Gasteiger partial charge in [-0.2, -0.15) is 0 Å². The SMILES string of the molecule is CSC(C(=O)N[C@@H](C)C(=O)O)c1ccccc1. The van der Waals surface area contributed by atoms with Gasteiger partial charge in [0.1, 0.15) is 11.3 Å². The first-order chi connectivity index (χ1) is 8.06. The quantitative estimate of drug-likeness (QED) is 0.838. The van der Waals surface area contributed by atoms with Crippen LogP contribution >= 0.6 is 11.8 Å². The van der Waals surface area contributed by atoms with Crippen molar-refractivity contribution in [3.8, 4) is 0 Å². The predicted molar refractivity (Wildman–Crippen MR) is 67.9 cm³/mol. The molecule has 1 amide bonds. The highest BCUT2D eigenvalue weighted by Crippen LogP contribution is 2.26. The lowest BCUT2D eigenvalue weighted by Gasteiger charge is -2.16. The van der Waals surface area contributed by atoms with E-state index >= 15 is 0 Å². The first-order valence-corrected chi connectivity index (χ1v) is 6.46. The van der Waals surface area contributed by atoms with Crippen LogP contribution in [-0.4, -0.2) is 29.3 Å². The summed E-state index contributed by atoms with van der Waals surface area (Å²) in [4.78, 5) is 22.6. The summed E-state index contributed by atoms with van der Waals surface area (Å²) in [6, 6.07) is 8.41. The zero-order valence-electron chi connectivity index (χ0n) is 9.71. The number of carboxylic acid groups (broad SMARTS) is 1. The molecule has 1 aromatic rings. The largest absolute Gasteiger partial charge is 0.480 e. The standard InChI is InChI=1S/C12H15NO3S/c1-8(12(15)16)13-11(14)10(17-2)9-6-4-3-5-7-9/h3-8,10H,1-2H3,(H,13,14)(H,15,16)/t8-,10?/m0/s1. The molecular formula is C12H15NO3S. The van der Waals surface area contributed by atoms with Crippen molar-refractivity contribution in [1.82, 2.24) is 5.32 Å². The van der Waals surface area contributed by atoms with Crippen molar-refractivity contribution in [2.45, 2.75) is 18.2 Å². The van der Waals surface area contributed by atoms with E-state index in [0.717, 1.165) is 5.56 Å². The van der Waals surface area contributed by atoms with Crippen molar-refractivity contribution < 1.29 is 14.7 Å². The molecule has 2 atom stereocenters. The highest BCUT2D eigenvalue weighted by molar-refractivity contribution is 7.99. The topological polar surface area (TPSA) is 66.4 Å². The normalized spacial score (nSPS) is 13.8. The second-order valence-electron chi connectivity index (χ2n) is 3.59. The zero-order valence-corrected chi connectivity index (χ0v) is 10.5. The fourth-order valence-corrected chi connectivity index (χ4v) is 2.08. The van der Waals surface area contributed by atoms with E-state index in [1.165, 1.54) is 18.7 Å². The van der Waals surface area contributed by atoms with Crippen molar-refractivity contribution in [3.05, 3.63) is 35.9 Å². The highest BCUT2D eigenvalue weighted by atomic mass is 32.2. The summed E-state index contributed by atoms with van der Waals surface area (Å²) in [6.07, 6.45) is 1.82. The van der Waals surface area contributed by atoms with Gasteiger partial charge in [-0.3, -0.25) is 9.59 Å². The molecule has 0 spiro atoms. The van der Waals surface area contributed by atoms with Crippen LogP contribution in [0.2, 0.25) is 0 Å². The molecule has 1 aromatic carbocycles. The lowest BCUT2D eigenvalue weighted by molar-refractivity contribution is -0.141. The molecule has 0 aromatic heterocycles. The molecule has 0 heterocycles. The molecule has 92 valence electrons. The number of amides is 1. The van der Waals surface area contributed by atoms with E-state index < -0.39 is 12.0 Å². The van der Waals surface area contributed by atoms with Crippen LogP contribution in [-0.2, 0) is 9.59 Å². The second-order valence-corrected chi connectivity index (χ2v) is 4.54. The Morgan fingerprint density at radius 3 is 2.35 bits per heavy atom. The summed E-state index contributed by atoms with van der Waals surface area (Å²) >= 11 is 1.38. The van der Waals surface area contributed by atoms with Gasteiger partial charge in [0.15, 0.2) is 0 Å². The summed E-state index contributed by atoms with van der Waals surface area (Å²) < 4.78 is 0. The molecule has 2 N–H and O–H groups in total. The number of aliphatic carboxylic acids is 1. The summed E-state index contributed by atoms with van der Waals surface area (Å²) in [5, 5.41) is 10.8. The number of nitrogens with one attached hydrogen (secondary N) is 1. The average Bonchev–Trinajstić information content (AvgIpc) is 2.31. The Labute approximate surface area is 104 Å². The van der Waals surface area contributed by atoms with Crippen LogP contribution in [0.3, 0.4) is 0 Å². The smallest absolute Gasteiger partial charge is 0.325 e. The molecule has 0 saturated heterocycles. The molecule has 0 saturated carbocycles. The van der Waals surface area contributed by atoms with Crippen LogP contribution < -0.4 is 5.32 Å². The number of hydrogen-bond acceptors (Lipinski definition) is 3. The second kappa shape index (κ2) is 6.30. The lowest BCUT2D eigenvalue weighted by atomic mass is 10.1. The highest BCUT2D eigenvalue weighted by Gasteiger charge is 2.22. The number of thioether (sulfide) groups is 1. The number of carbonyl (C=O) groups excluding carboxylic acids is 1. The van der Waals surface area contributed by atoms with E-state index in [-0.39, 0.29) is 11.2 Å². The first kappa shape index (κ1) is 13.6. The molecule has 0 fully saturated rings. The van der Waals surface area contributed by atoms with Crippen molar-refractivity contribution in [1.29, 1.82) is 0 Å². The Morgan fingerprint density at radius 2 is 1.88 bits per heavy atom. The van der Waals surface area contributed by atoms with E-state index in [0.29, 0.717) is 0 Å². The van der Waals surface area contributed by atoms with Gasteiger partial charge in [-0.15, -0.1) is 11.8 Å². The summed E-state index contributed by atoms with van der Waals surface area (Å²) in [5.74, 6) is -1.31. The third-order valence-electron chi connectivity index (χ3n) is 2.31. The van der Waals surface area contributed by atoms with Crippen LogP contribution in [0.1, 0.15) is 17.7 Å². The minimum Gasteiger partial charge on any atom is -0.480 e. The van der Waals surface area contributed by atoms with E-state index in [9.17, 15) is 9.59 Å². The van der Waals surface area contributed by atoms with Crippen LogP contribution in [0.5, 0.6) is 0 Å². The van der Waals surface area contributed by atoms with Crippen molar-refractivity contribution in [2.75, 3.05) is 6.26 Å². The van der Waals surface area contributed by atoms with E-state index in [4.69, 9.17) is 5.11 Å². The Balaban J connectivity index is 2.75. The van der Waals surface area contributed by atoms with E-state index in [2.05, 4.69) is 5.32 Å². The maximum Gasteiger partial charge on any atom is 0.325 e. The van der Waals surface area contributed by atoms with Gasteiger partial charge in [-0.25, -0.2) is 0 Å². The fraction of sp³-hybridized carbons (Fsp3) is 0.333. The molecule has 0 radical (unpaired) electrons. The lowest BCUT2D eigenvalue weighted by Crippen LogP contribution is -2.40. The minimum absolute atomic E-state index is 0.279. The van der Waals surface area contributed by atoms with Gasteiger partial charge < -0.3 is 10.4 Å². The number of benzene rings is 1. The van der Waals surface area contributed by atoms with Gasteiger partial charge in [0.2, 0.25) is 5.91 Å². The monoisotopic (exact) mass is 253 g/mol. The van der Waals surface area contributed by atoms with E-state index in [1.54, 1.807) is 0 Å². The Kier molecular flexibility index (Phi) is 5.03. The van der Waals surface area contributed by atoms with Crippen LogP contribution in [0.25, 0.3) is 0 Å². The number of rotatable bonds is 5. The van der Waals surface area contributed by atoms with Crippen LogP contribution in [0.4, 0.5) is 0 Å². The Hall–Kier alpha value is -1.49. The maximum atomic E-state index is 11.9. The van der Waals surface area contributed by atoms with Crippen molar-refractivity contribution >= 4 is 23.6 Å². The van der Waals surface area contributed by atoms with Gasteiger partial charge in [-0.1, -0.05) is 30.3 Å². The third kappa shape index (κ3) is 3.78. The van der Waals surface area contributed by atoms with Gasteiger partial charge in [0.05, 0.1) is 0 Å². The molecule has 0 bridgehead atoms. The molecule has 1 rings (SSSR count). The molecule has 5 heteroatoms. The number of hydrogen-bond donors (Lipinski definition) is 2. The summed E-state index contributed by atoms with van der Waals surface area (Å²) in [6.45, 7) is 1.45. The Bertz CT molecular complexity index is 394. The zero-order chi connectivity index (χ0) is 12.8. The average molecular weight is 253 g/mol. The molecule has 0 aliphatic heterocycles. The van der Waals surface area contributed by atoms with Crippen LogP contribution in [0, 0.1) is 0 Å². The van der Waals surface area contributed by atoms with E-state index in [1.807, 2.05) is 36.6 Å².